The number of amides is 2. The molecule has 2 amide bonds. The Labute approximate surface area is 153 Å². The fourth-order valence-electron chi connectivity index (χ4n) is 2.95. The molecular formula is C20H26N2O4. The van der Waals surface area contributed by atoms with Gasteiger partial charge in [0.25, 0.3) is 5.91 Å². The Bertz CT molecular complexity index is 725. The zero-order valence-corrected chi connectivity index (χ0v) is 15.4. The van der Waals surface area contributed by atoms with Gasteiger partial charge in [-0.2, -0.15) is 0 Å². The Morgan fingerprint density at radius 3 is 2.38 bits per heavy atom. The lowest BCUT2D eigenvalue weighted by Gasteiger charge is -2.24. The molecule has 2 rings (SSSR count). The van der Waals surface area contributed by atoms with E-state index in [9.17, 15) is 19.5 Å². The van der Waals surface area contributed by atoms with Crippen LogP contribution in [0.5, 0.6) is 0 Å². The predicted octanol–water partition coefficient (Wildman–Crippen LogP) is 2.99. The molecule has 0 saturated carbocycles. The molecular weight excluding hydrogens is 332 g/mol. The molecule has 0 spiro atoms. The van der Waals surface area contributed by atoms with E-state index < -0.39 is 17.8 Å². The largest absolute Gasteiger partial charge is 0.481 e. The van der Waals surface area contributed by atoms with Crippen LogP contribution in [0, 0.1) is 24.7 Å². The topological polar surface area (TPSA) is 95.5 Å². The molecule has 0 unspecified atom stereocenters. The van der Waals surface area contributed by atoms with Crippen LogP contribution in [-0.4, -0.2) is 29.4 Å². The molecule has 1 aliphatic carbocycles. The van der Waals surface area contributed by atoms with E-state index in [-0.39, 0.29) is 11.8 Å². The summed E-state index contributed by atoms with van der Waals surface area (Å²) in [6.45, 7) is 6.45. The molecule has 0 saturated heterocycles. The van der Waals surface area contributed by atoms with Crippen LogP contribution in [0.2, 0.25) is 0 Å². The fraction of sp³-hybridized carbons (Fsp3) is 0.450. The van der Waals surface area contributed by atoms with Gasteiger partial charge >= 0.3 is 5.97 Å². The van der Waals surface area contributed by atoms with Crippen LogP contribution in [0.25, 0.3) is 0 Å². The second kappa shape index (κ2) is 8.65. The van der Waals surface area contributed by atoms with Gasteiger partial charge < -0.3 is 15.7 Å². The molecule has 0 aliphatic heterocycles. The fourth-order valence-corrected chi connectivity index (χ4v) is 2.95. The highest BCUT2D eigenvalue weighted by Gasteiger charge is 2.34. The molecule has 0 aromatic heterocycles. The number of carboxylic acid groups (broad SMARTS) is 1. The standard InChI is InChI=1S/C20H26N2O4/c1-12(2)11-21-18(23)14-8-9-17(13(3)10-14)22-19(24)15-6-4-5-7-16(15)20(25)26/h4-5,8-10,12,15-16H,6-7,11H2,1-3H3,(H,21,23)(H,22,24)(H,25,26)/t15-,16+/m0/s1. The molecule has 6 heteroatoms. The van der Waals surface area contributed by atoms with Crippen LogP contribution in [0.1, 0.15) is 42.6 Å². The van der Waals surface area contributed by atoms with E-state index in [1.807, 2.05) is 26.8 Å². The van der Waals surface area contributed by atoms with E-state index in [1.165, 1.54) is 0 Å². The molecule has 3 N–H and O–H groups in total. The van der Waals surface area contributed by atoms with Gasteiger partial charge in [-0.1, -0.05) is 26.0 Å². The van der Waals surface area contributed by atoms with E-state index >= 15 is 0 Å². The smallest absolute Gasteiger partial charge is 0.307 e. The quantitative estimate of drug-likeness (QED) is 0.681. The van der Waals surface area contributed by atoms with Gasteiger partial charge in [0.15, 0.2) is 0 Å². The first-order valence-electron chi connectivity index (χ1n) is 8.87. The monoisotopic (exact) mass is 358 g/mol. The third-order valence-electron chi connectivity index (χ3n) is 4.50. The molecule has 0 radical (unpaired) electrons. The Balaban J connectivity index is 2.07. The normalized spacial score (nSPS) is 19.2. The van der Waals surface area contributed by atoms with Crippen molar-refractivity contribution in [3.05, 3.63) is 41.5 Å². The molecule has 26 heavy (non-hydrogen) atoms. The summed E-state index contributed by atoms with van der Waals surface area (Å²) in [5.41, 5.74) is 1.88. The summed E-state index contributed by atoms with van der Waals surface area (Å²) >= 11 is 0. The van der Waals surface area contributed by atoms with Gasteiger partial charge in [-0.3, -0.25) is 14.4 Å². The van der Waals surface area contributed by atoms with Crippen LogP contribution in [0.15, 0.2) is 30.4 Å². The Hall–Kier alpha value is -2.63. The second-order valence-corrected chi connectivity index (χ2v) is 7.12. The number of hydrogen-bond donors (Lipinski definition) is 3. The first-order valence-corrected chi connectivity index (χ1v) is 8.87. The number of aliphatic carboxylic acids is 1. The third-order valence-corrected chi connectivity index (χ3v) is 4.50. The van der Waals surface area contributed by atoms with E-state index in [1.54, 1.807) is 24.3 Å². The average Bonchev–Trinajstić information content (AvgIpc) is 2.61. The lowest BCUT2D eigenvalue weighted by atomic mass is 9.82. The number of hydrogen-bond acceptors (Lipinski definition) is 3. The zero-order valence-electron chi connectivity index (χ0n) is 15.4. The number of rotatable bonds is 6. The highest BCUT2D eigenvalue weighted by molar-refractivity contribution is 5.98. The summed E-state index contributed by atoms with van der Waals surface area (Å²) in [4.78, 5) is 36.0. The van der Waals surface area contributed by atoms with E-state index in [4.69, 9.17) is 0 Å². The van der Waals surface area contributed by atoms with Crippen LogP contribution in [0.4, 0.5) is 5.69 Å². The van der Waals surface area contributed by atoms with Crippen molar-refractivity contribution >= 4 is 23.5 Å². The van der Waals surface area contributed by atoms with Gasteiger partial charge in [0.1, 0.15) is 0 Å². The van der Waals surface area contributed by atoms with Gasteiger partial charge in [-0.25, -0.2) is 0 Å². The number of carbonyl (C=O) groups excluding carboxylic acids is 2. The lowest BCUT2D eigenvalue weighted by Crippen LogP contribution is -2.34. The van der Waals surface area contributed by atoms with Gasteiger partial charge in [-0.05, 0) is 49.4 Å². The summed E-state index contributed by atoms with van der Waals surface area (Å²) in [6.07, 6.45) is 4.43. The number of benzene rings is 1. The van der Waals surface area contributed by atoms with Gasteiger partial charge in [0, 0.05) is 17.8 Å². The average molecular weight is 358 g/mol. The third kappa shape index (κ3) is 4.94. The van der Waals surface area contributed by atoms with Crippen molar-refractivity contribution in [1.29, 1.82) is 0 Å². The highest BCUT2D eigenvalue weighted by atomic mass is 16.4. The minimum atomic E-state index is -0.955. The number of carboxylic acids is 1. The maximum absolute atomic E-state index is 12.5. The van der Waals surface area contributed by atoms with Crippen molar-refractivity contribution in [2.24, 2.45) is 17.8 Å². The van der Waals surface area contributed by atoms with Crippen molar-refractivity contribution in [3.8, 4) is 0 Å². The predicted molar refractivity (Wildman–Crippen MR) is 100.0 cm³/mol. The molecule has 2 atom stereocenters. The summed E-state index contributed by atoms with van der Waals surface area (Å²) in [5, 5.41) is 15.0. The lowest BCUT2D eigenvalue weighted by molar-refractivity contribution is -0.146. The Morgan fingerprint density at radius 1 is 1.15 bits per heavy atom. The van der Waals surface area contributed by atoms with Crippen LogP contribution >= 0.6 is 0 Å². The summed E-state index contributed by atoms with van der Waals surface area (Å²) in [7, 11) is 0. The molecule has 140 valence electrons. The van der Waals surface area contributed by atoms with Crippen molar-refractivity contribution in [2.45, 2.75) is 33.6 Å². The number of aryl methyl sites for hydroxylation is 1. The van der Waals surface area contributed by atoms with Gasteiger partial charge in [-0.15, -0.1) is 0 Å². The first kappa shape index (κ1) is 19.7. The van der Waals surface area contributed by atoms with Gasteiger partial charge in [0.05, 0.1) is 11.8 Å². The highest BCUT2D eigenvalue weighted by Crippen LogP contribution is 2.28. The molecule has 1 aromatic carbocycles. The molecule has 1 aliphatic rings. The van der Waals surface area contributed by atoms with Crippen LogP contribution in [0.3, 0.4) is 0 Å². The Morgan fingerprint density at radius 2 is 1.81 bits per heavy atom. The number of allylic oxidation sites excluding steroid dienone is 2. The minimum absolute atomic E-state index is 0.150. The maximum atomic E-state index is 12.5. The number of anilines is 1. The second-order valence-electron chi connectivity index (χ2n) is 7.12. The van der Waals surface area contributed by atoms with Crippen molar-refractivity contribution in [1.82, 2.24) is 5.32 Å². The summed E-state index contributed by atoms with van der Waals surface area (Å²) in [5.74, 6) is -2.34. The van der Waals surface area contributed by atoms with Crippen LogP contribution < -0.4 is 10.6 Å². The minimum Gasteiger partial charge on any atom is -0.481 e. The number of nitrogens with one attached hydrogen (secondary N) is 2. The number of carbonyl (C=O) groups is 3. The SMILES string of the molecule is Cc1cc(C(=O)NCC(C)C)ccc1NC(=O)[C@H]1CC=CC[C@H]1C(=O)O. The molecule has 6 nitrogen and oxygen atoms in total. The van der Waals surface area contributed by atoms with Gasteiger partial charge in [0.2, 0.25) is 5.91 Å². The molecule has 0 heterocycles. The Kier molecular flexibility index (Phi) is 6.55. The molecule has 1 aromatic rings. The van der Waals surface area contributed by atoms with E-state index in [0.717, 1.165) is 5.56 Å². The summed E-state index contributed by atoms with van der Waals surface area (Å²) in [6, 6.07) is 5.07. The van der Waals surface area contributed by atoms with E-state index in [0.29, 0.717) is 36.6 Å². The van der Waals surface area contributed by atoms with Crippen molar-refractivity contribution in [3.63, 3.8) is 0 Å². The maximum Gasteiger partial charge on any atom is 0.307 e. The van der Waals surface area contributed by atoms with E-state index in [2.05, 4.69) is 10.6 Å². The van der Waals surface area contributed by atoms with Crippen LogP contribution in [-0.2, 0) is 9.59 Å². The first-order chi connectivity index (χ1) is 12.3. The molecule has 0 fully saturated rings. The van der Waals surface area contributed by atoms with Crippen molar-refractivity contribution < 1.29 is 19.5 Å². The molecule has 0 bridgehead atoms. The summed E-state index contributed by atoms with van der Waals surface area (Å²) < 4.78 is 0. The zero-order chi connectivity index (χ0) is 19.3. The van der Waals surface area contributed by atoms with Crippen molar-refractivity contribution in [2.75, 3.05) is 11.9 Å².